The number of piperidine rings is 1. The Hall–Kier alpha value is -2.29. The van der Waals surface area contributed by atoms with Crippen LogP contribution in [-0.2, 0) is 27.2 Å². The summed E-state index contributed by atoms with van der Waals surface area (Å²) in [7, 11) is 1.79. The van der Waals surface area contributed by atoms with Gasteiger partial charge in [-0.2, -0.15) is 0 Å². The van der Waals surface area contributed by atoms with Crippen molar-refractivity contribution in [1.29, 1.82) is 0 Å². The second-order valence-corrected chi connectivity index (χ2v) is 11.1. The highest BCUT2D eigenvalue weighted by Gasteiger charge is 2.40. The number of amides is 2. The van der Waals surface area contributed by atoms with Crippen molar-refractivity contribution in [2.45, 2.75) is 101 Å². The fourth-order valence-corrected chi connectivity index (χ4v) is 6.24. The molecule has 1 aromatic carbocycles. The van der Waals surface area contributed by atoms with Gasteiger partial charge in [0, 0.05) is 49.0 Å². The molecule has 3 aliphatic heterocycles. The van der Waals surface area contributed by atoms with Crippen LogP contribution in [-0.4, -0.2) is 60.3 Å². The molecule has 4 aliphatic rings. The fraction of sp³-hybridized carbons (Fsp3) is 0.643. The molecule has 3 heterocycles. The molecule has 0 aromatic heterocycles. The third kappa shape index (κ3) is 4.95. The summed E-state index contributed by atoms with van der Waals surface area (Å²) < 4.78 is 27.6. The lowest BCUT2D eigenvalue weighted by Gasteiger charge is -2.40. The Morgan fingerprint density at radius 2 is 2.03 bits per heavy atom. The Balaban J connectivity index is 1.27. The molecular formula is C28H38FN3O4. The number of hydrogen-bond acceptors (Lipinski definition) is 5. The molecule has 196 valence electrons. The molecule has 1 aromatic rings. The molecule has 1 unspecified atom stereocenters. The molecule has 3 fully saturated rings. The molecule has 3 atom stereocenters. The maximum absolute atomic E-state index is 15.7. The summed E-state index contributed by atoms with van der Waals surface area (Å²) in [5, 5.41) is 6.54. The second kappa shape index (κ2) is 10.2. The maximum atomic E-state index is 15.7. The number of halogens is 1. The third-order valence-electron chi connectivity index (χ3n) is 8.69. The van der Waals surface area contributed by atoms with E-state index in [1.165, 1.54) is 4.90 Å². The Morgan fingerprint density at radius 3 is 2.75 bits per heavy atom. The van der Waals surface area contributed by atoms with Gasteiger partial charge < -0.3 is 25.0 Å². The first-order valence-corrected chi connectivity index (χ1v) is 13.3. The first kappa shape index (κ1) is 25.4. The van der Waals surface area contributed by atoms with E-state index < -0.39 is 6.04 Å². The number of benzene rings is 1. The Morgan fingerprint density at radius 1 is 1.25 bits per heavy atom. The smallest absolute Gasteiger partial charge is 0.255 e. The normalized spacial score (nSPS) is 33.0. The summed E-state index contributed by atoms with van der Waals surface area (Å²) in [6.45, 7) is 6.77. The number of ether oxygens (including phenoxy) is 2. The van der Waals surface area contributed by atoms with Crippen LogP contribution in [0.3, 0.4) is 0 Å². The van der Waals surface area contributed by atoms with Crippen molar-refractivity contribution in [3.8, 4) is 0 Å². The predicted octanol–water partition coefficient (Wildman–Crippen LogP) is 3.60. The Labute approximate surface area is 212 Å². The zero-order valence-corrected chi connectivity index (χ0v) is 21.4. The van der Waals surface area contributed by atoms with Crippen LogP contribution in [0.5, 0.6) is 0 Å². The zero-order chi connectivity index (χ0) is 25.4. The van der Waals surface area contributed by atoms with Crippen LogP contribution in [0.2, 0.25) is 0 Å². The number of hydrogen-bond donors (Lipinski definition) is 2. The lowest BCUT2D eigenvalue weighted by Crippen LogP contribution is -2.51. The van der Waals surface area contributed by atoms with Crippen molar-refractivity contribution in [3.05, 3.63) is 46.9 Å². The van der Waals surface area contributed by atoms with Gasteiger partial charge in [-0.1, -0.05) is 12.6 Å². The SMILES string of the molecule is C=C1CCC(N2Cc3c(ccc(C[C@H]4OCCC[C@@H]4N[C@H]4CC[C@@](C)(OC)CC4)c3F)C2=O)C(=O)N1. The summed E-state index contributed by atoms with van der Waals surface area (Å²) >= 11 is 0. The Kier molecular flexibility index (Phi) is 7.21. The minimum atomic E-state index is -0.594. The number of rotatable bonds is 6. The van der Waals surface area contributed by atoms with E-state index in [1.807, 2.05) is 0 Å². The second-order valence-electron chi connectivity index (χ2n) is 11.1. The standard InChI is InChI=1S/C28H38FN3O4/c1-17-6-9-23(26(33)30-17)32-16-21-20(27(32)34)8-7-18(25(21)29)15-24-22(5-4-14-36-24)31-19-10-12-28(2,35-3)13-11-19/h7-8,19,22-24,31H,1,4-6,9-16H2,2-3H3,(H,30,33)/t19-,22-,23?,24+,28+/m0/s1. The van der Waals surface area contributed by atoms with Gasteiger partial charge in [0.05, 0.1) is 18.2 Å². The highest BCUT2D eigenvalue weighted by atomic mass is 19.1. The Bertz CT molecular complexity index is 1040. The first-order chi connectivity index (χ1) is 17.3. The van der Waals surface area contributed by atoms with Gasteiger partial charge in [-0.3, -0.25) is 9.59 Å². The van der Waals surface area contributed by atoms with E-state index in [4.69, 9.17) is 9.47 Å². The molecule has 2 N–H and O–H groups in total. The summed E-state index contributed by atoms with van der Waals surface area (Å²) in [5.41, 5.74) is 1.94. The molecule has 0 radical (unpaired) electrons. The molecule has 1 saturated carbocycles. The summed E-state index contributed by atoms with van der Waals surface area (Å²) in [5.74, 6) is -0.867. The minimum absolute atomic E-state index is 0.0359. The predicted molar refractivity (Wildman–Crippen MR) is 134 cm³/mol. The molecule has 36 heavy (non-hydrogen) atoms. The minimum Gasteiger partial charge on any atom is -0.379 e. The number of carbonyl (C=O) groups excluding carboxylic acids is 2. The average molecular weight is 500 g/mol. The van der Waals surface area contributed by atoms with Crippen LogP contribution < -0.4 is 10.6 Å². The van der Waals surface area contributed by atoms with Crippen LogP contribution in [0, 0.1) is 5.82 Å². The highest BCUT2D eigenvalue weighted by Crippen LogP contribution is 2.34. The van der Waals surface area contributed by atoms with Crippen LogP contribution in [0.1, 0.15) is 79.8 Å². The largest absolute Gasteiger partial charge is 0.379 e. The van der Waals surface area contributed by atoms with Gasteiger partial charge in [0.15, 0.2) is 0 Å². The van der Waals surface area contributed by atoms with Crippen molar-refractivity contribution >= 4 is 11.8 Å². The van der Waals surface area contributed by atoms with Crippen LogP contribution in [0.4, 0.5) is 4.39 Å². The highest BCUT2D eigenvalue weighted by molar-refractivity contribution is 6.01. The van der Waals surface area contributed by atoms with Gasteiger partial charge in [-0.05, 0) is 69.9 Å². The topological polar surface area (TPSA) is 79.9 Å². The molecule has 7 nitrogen and oxygen atoms in total. The monoisotopic (exact) mass is 499 g/mol. The number of nitrogens with one attached hydrogen (secondary N) is 2. The lowest BCUT2D eigenvalue weighted by molar-refractivity contribution is -0.126. The summed E-state index contributed by atoms with van der Waals surface area (Å²) in [6, 6.07) is 3.42. The van der Waals surface area contributed by atoms with Crippen LogP contribution in [0.25, 0.3) is 0 Å². The van der Waals surface area contributed by atoms with Gasteiger partial charge in [-0.25, -0.2) is 4.39 Å². The molecular weight excluding hydrogens is 461 g/mol. The molecule has 2 saturated heterocycles. The molecule has 5 rings (SSSR count). The van der Waals surface area contributed by atoms with E-state index in [2.05, 4.69) is 24.1 Å². The maximum Gasteiger partial charge on any atom is 0.255 e. The van der Waals surface area contributed by atoms with Crippen molar-refractivity contribution in [2.24, 2.45) is 0 Å². The number of methoxy groups -OCH3 is 1. The van der Waals surface area contributed by atoms with E-state index in [1.54, 1.807) is 19.2 Å². The molecule has 8 heteroatoms. The molecule has 2 amide bonds. The van der Waals surface area contributed by atoms with Crippen LogP contribution >= 0.6 is 0 Å². The fourth-order valence-electron chi connectivity index (χ4n) is 6.24. The van der Waals surface area contributed by atoms with Crippen molar-refractivity contribution < 1.29 is 23.5 Å². The summed E-state index contributed by atoms with van der Waals surface area (Å²) in [4.78, 5) is 27.0. The first-order valence-electron chi connectivity index (χ1n) is 13.3. The van der Waals surface area contributed by atoms with Gasteiger partial charge >= 0.3 is 0 Å². The number of fused-ring (bicyclic) bond motifs is 1. The summed E-state index contributed by atoms with van der Waals surface area (Å²) in [6.07, 6.45) is 7.61. The molecule has 0 bridgehead atoms. The van der Waals surface area contributed by atoms with E-state index >= 15 is 4.39 Å². The molecule has 1 aliphatic carbocycles. The van der Waals surface area contributed by atoms with E-state index in [9.17, 15) is 9.59 Å². The number of nitrogens with zero attached hydrogens (tertiary/aromatic N) is 1. The van der Waals surface area contributed by atoms with E-state index in [0.29, 0.717) is 54.3 Å². The lowest BCUT2D eigenvalue weighted by atomic mass is 9.82. The number of allylic oxidation sites excluding steroid dienone is 1. The average Bonchev–Trinajstić information content (AvgIpc) is 3.20. The van der Waals surface area contributed by atoms with E-state index in [-0.39, 0.29) is 41.9 Å². The van der Waals surface area contributed by atoms with Gasteiger partial charge in [0.2, 0.25) is 5.91 Å². The van der Waals surface area contributed by atoms with Crippen LogP contribution in [0.15, 0.2) is 24.4 Å². The van der Waals surface area contributed by atoms with Gasteiger partial charge in [0.25, 0.3) is 5.91 Å². The number of carbonyl (C=O) groups is 2. The van der Waals surface area contributed by atoms with Gasteiger partial charge in [0.1, 0.15) is 11.9 Å². The van der Waals surface area contributed by atoms with Crippen molar-refractivity contribution in [2.75, 3.05) is 13.7 Å². The molecule has 0 spiro atoms. The van der Waals surface area contributed by atoms with E-state index in [0.717, 1.165) is 38.5 Å². The van der Waals surface area contributed by atoms with Gasteiger partial charge in [-0.15, -0.1) is 0 Å². The quantitative estimate of drug-likeness (QED) is 0.625. The zero-order valence-electron chi connectivity index (χ0n) is 21.4. The third-order valence-corrected chi connectivity index (χ3v) is 8.69. The van der Waals surface area contributed by atoms with Crippen molar-refractivity contribution in [1.82, 2.24) is 15.5 Å². The van der Waals surface area contributed by atoms with Crippen molar-refractivity contribution in [3.63, 3.8) is 0 Å².